The van der Waals surface area contributed by atoms with Gasteiger partial charge in [-0.1, -0.05) is 18.9 Å². The number of thiazole rings is 1. The summed E-state index contributed by atoms with van der Waals surface area (Å²) in [6, 6.07) is 3.55. The summed E-state index contributed by atoms with van der Waals surface area (Å²) in [4.78, 5) is 20.8. The molecule has 1 aliphatic rings. The highest BCUT2D eigenvalue weighted by Gasteiger charge is 2.19. The smallest absolute Gasteiger partial charge is 0.257 e. The minimum atomic E-state index is -0.145. The zero-order chi connectivity index (χ0) is 15.4. The van der Waals surface area contributed by atoms with Crippen molar-refractivity contribution in [3.8, 4) is 0 Å². The van der Waals surface area contributed by atoms with Crippen molar-refractivity contribution in [2.75, 3.05) is 11.1 Å². The zero-order valence-corrected chi connectivity index (χ0v) is 13.0. The van der Waals surface area contributed by atoms with Crippen molar-refractivity contribution in [2.24, 2.45) is 5.92 Å². The number of nitrogen functional groups attached to an aromatic ring is 1. The molecule has 2 aromatic rings. The Bertz CT molecular complexity index is 658. The predicted octanol–water partition coefficient (Wildman–Crippen LogP) is 3.33. The van der Waals surface area contributed by atoms with Crippen molar-refractivity contribution in [3.05, 3.63) is 41.5 Å². The van der Waals surface area contributed by atoms with Crippen molar-refractivity contribution >= 4 is 33.8 Å². The van der Waals surface area contributed by atoms with Gasteiger partial charge in [0.05, 0.1) is 0 Å². The third kappa shape index (κ3) is 3.51. The van der Waals surface area contributed by atoms with Gasteiger partial charge in [0.2, 0.25) is 0 Å². The average Bonchev–Trinajstić information content (AvgIpc) is 3.19. The number of allylic oxidation sites excluding steroid dienone is 1. The standard InChI is InChI=1S/C16H18N4OS/c17-14-6-5-12(10-19-14)13(9-11-3-1-2-4-11)15(21)20-16-18-7-8-22-16/h5-11H,1-4H2,(H2,17,19)(H,18,20,21). The molecule has 0 aliphatic heterocycles. The van der Waals surface area contributed by atoms with E-state index in [9.17, 15) is 4.79 Å². The van der Waals surface area contributed by atoms with E-state index in [1.165, 1.54) is 24.2 Å². The first kappa shape index (κ1) is 14.7. The van der Waals surface area contributed by atoms with E-state index in [2.05, 4.69) is 21.4 Å². The number of nitrogens with zero attached hydrogens (tertiary/aromatic N) is 2. The molecule has 5 nitrogen and oxygen atoms in total. The molecule has 0 bridgehead atoms. The predicted molar refractivity (Wildman–Crippen MR) is 89.3 cm³/mol. The number of nitrogens with one attached hydrogen (secondary N) is 1. The molecule has 1 amide bonds. The summed E-state index contributed by atoms with van der Waals surface area (Å²) in [6.07, 6.45) is 10.1. The molecule has 2 aromatic heterocycles. The third-order valence-corrected chi connectivity index (χ3v) is 4.49. The number of rotatable bonds is 4. The van der Waals surface area contributed by atoms with Crippen molar-refractivity contribution in [3.63, 3.8) is 0 Å². The summed E-state index contributed by atoms with van der Waals surface area (Å²) in [5, 5.41) is 5.29. The normalized spacial score (nSPS) is 15.9. The second-order valence-electron chi connectivity index (χ2n) is 5.39. The molecule has 0 saturated heterocycles. The van der Waals surface area contributed by atoms with Gasteiger partial charge in [-0.25, -0.2) is 9.97 Å². The van der Waals surface area contributed by atoms with Crippen LogP contribution in [0.4, 0.5) is 10.9 Å². The molecule has 6 heteroatoms. The quantitative estimate of drug-likeness (QED) is 0.848. The van der Waals surface area contributed by atoms with Crippen molar-refractivity contribution in [2.45, 2.75) is 25.7 Å². The fourth-order valence-corrected chi connectivity index (χ4v) is 3.20. The Morgan fingerprint density at radius 3 is 2.77 bits per heavy atom. The second kappa shape index (κ2) is 6.70. The molecule has 1 saturated carbocycles. The zero-order valence-electron chi connectivity index (χ0n) is 12.2. The van der Waals surface area contributed by atoms with E-state index in [4.69, 9.17) is 5.73 Å². The van der Waals surface area contributed by atoms with Crippen LogP contribution in [0.25, 0.3) is 5.57 Å². The molecule has 1 aliphatic carbocycles. The van der Waals surface area contributed by atoms with Gasteiger partial charge in [0, 0.05) is 28.9 Å². The molecule has 2 heterocycles. The topological polar surface area (TPSA) is 80.9 Å². The summed E-state index contributed by atoms with van der Waals surface area (Å²) in [7, 11) is 0. The molecular formula is C16H18N4OS. The number of nitrogens with two attached hydrogens (primary N) is 1. The number of hydrogen-bond acceptors (Lipinski definition) is 5. The van der Waals surface area contributed by atoms with Gasteiger partial charge in [-0.15, -0.1) is 11.3 Å². The van der Waals surface area contributed by atoms with Crippen LogP contribution in [0.5, 0.6) is 0 Å². The van der Waals surface area contributed by atoms with E-state index in [0.717, 1.165) is 18.4 Å². The maximum Gasteiger partial charge on any atom is 0.257 e. The van der Waals surface area contributed by atoms with E-state index in [-0.39, 0.29) is 5.91 Å². The number of hydrogen-bond donors (Lipinski definition) is 2. The monoisotopic (exact) mass is 314 g/mol. The van der Waals surface area contributed by atoms with Gasteiger partial charge in [0.25, 0.3) is 5.91 Å². The lowest BCUT2D eigenvalue weighted by Gasteiger charge is -2.10. The van der Waals surface area contributed by atoms with Gasteiger partial charge in [-0.3, -0.25) is 10.1 Å². The number of amides is 1. The SMILES string of the molecule is Nc1ccc(C(=CC2CCCC2)C(=O)Nc2nccs2)cn1. The fraction of sp³-hybridized carbons (Fsp3) is 0.312. The van der Waals surface area contributed by atoms with Crippen molar-refractivity contribution in [1.82, 2.24) is 9.97 Å². The van der Waals surface area contributed by atoms with Crippen LogP contribution in [0.15, 0.2) is 36.0 Å². The Hall–Kier alpha value is -2.21. The molecular weight excluding hydrogens is 296 g/mol. The van der Waals surface area contributed by atoms with Crippen LogP contribution in [0.3, 0.4) is 0 Å². The van der Waals surface area contributed by atoms with Crippen LogP contribution in [0.2, 0.25) is 0 Å². The van der Waals surface area contributed by atoms with Crippen LogP contribution >= 0.6 is 11.3 Å². The molecule has 0 spiro atoms. The lowest BCUT2D eigenvalue weighted by atomic mass is 9.99. The molecule has 0 unspecified atom stereocenters. The first-order valence-electron chi connectivity index (χ1n) is 7.37. The van der Waals surface area contributed by atoms with Gasteiger partial charge in [-0.2, -0.15) is 0 Å². The lowest BCUT2D eigenvalue weighted by molar-refractivity contribution is -0.111. The molecule has 22 heavy (non-hydrogen) atoms. The highest BCUT2D eigenvalue weighted by Crippen LogP contribution is 2.29. The number of aromatic nitrogens is 2. The fourth-order valence-electron chi connectivity index (χ4n) is 2.68. The minimum absolute atomic E-state index is 0.145. The highest BCUT2D eigenvalue weighted by molar-refractivity contribution is 7.13. The number of carbonyl (C=O) groups excluding carboxylic acids is 1. The Morgan fingerprint density at radius 1 is 1.32 bits per heavy atom. The van der Waals surface area contributed by atoms with E-state index in [1.54, 1.807) is 18.5 Å². The number of pyridine rings is 1. The van der Waals surface area contributed by atoms with E-state index < -0.39 is 0 Å². The van der Waals surface area contributed by atoms with Crippen molar-refractivity contribution in [1.29, 1.82) is 0 Å². The van der Waals surface area contributed by atoms with Crippen LogP contribution in [-0.4, -0.2) is 15.9 Å². The Labute approximate surface area is 133 Å². The Kier molecular flexibility index (Phi) is 4.48. The number of anilines is 2. The highest BCUT2D eigenvalue weighted by atomic mass is 32.1. The maximum atomic E-state index is 12.6. The molecule has 0 radical (unpaired) electrons. The molecule has 1 fully saturated rings. The second-order valence-corrected chi connectivity index (χ2v) is 6.28. The largest absolute Gasteiger partial charge is 0.384 e. The summed E-state index contributed by atoms with van der Waals surface area (Å²) in [6.45, 7) is 0. The van der Waals surface area contributed by atoms with Crippen LogP contribution in [0.1, 0.15) is 31.2 Å². The molecule has 0 atom stereocenters. The third-order valence-electron chi connectivity index (χ3n) is 3.80. The van der Waals surface area contributed by atoms with Gasteiger partial charge >= 0.3 is 0 Å². The van der Waals surface area contributed by atoms with Gasteiger partial charge in [-0.05, 0) is 30.9 Å². The molecule has 114 valence electrons. The lowest BCUT2D eigenvalue weighted by Crippen LogP contribution is -2.14. The van der Waals surface area contributed by atoms with Crippen molar-refractivity contribution < 1.29 is 4.79 Å². The van der Waals surface area contributed by atoms with Gasteiger partial charge < -0.3 is 5.73 Å². The van der Waals surface area contributed by atoms with Crippen LogP contribution in [0, 0.1) is 5.92 Å². The number of carbonyl (C=O) groups is 1. The Balaban J connectivity index is 1.87. The molecule has 0 aromatic carbocycles. The van der Waals surface area contributed by atoms with Gasteiger partial charge in [0.15, 0.2) is 5.13 Å². The maximum absolute atomic E-state index is 12.6. The average molecular weight is 314 g/mol. The molecule has 3 rings (SSSR count). The molecule has 3 N–H and O–H groups in total. The summed E-state index contributed by atoms with van der Waals surface area (Å²) >= 11 is 1.40. The summed E-state index contributed by atoms with van der Waals surface area (Å²) in [5.74, 6) is 0.757. The van der Waals surface area contributed by atoms with E-state index in [1.807, 2.05) is 11.4 Å². The van der Waals surface area contributed by atoms with Crippen LogP contribution < -0.4 is 11.1 Å². The van der Waals surface area contributed by atoms with E-state index >= 15 is 0 Å². The van der Waals surface area contributed by atoms with E-state index in [0.29, 0.717) is 22.4 Å². The van der Waals surface area contributed by atoms with Crippen LogP contribution in [-0.2, 0) is 4.79 Å². The van der Waals surface area contributed by atoms with Gasteiger partial charge in [0.1, 0.15) is 5.82 Å². The first-order valence-corrected chi connectivity index (χ1v) is 8.25. The summed E-state index contributed by atoms with van der Waals surface area (Å²) in [5.41, 5.74) is 7.07. The Morgan fingerprint density at radius 2 is 2.14 bits per heavy atom. The first-order chi connectivity index (χ1) is 10.7. The summed E-state index contributed by atoms with van der Waals surface area (Å²) < 4.78 is 0. The minimum Gasteiger partial charge on any atom is -0.384 e.